The van der Waals surface area contributed by atoms with Crippen molar-refractivity contribution < 1.29 is 14.6 Å². The molecule has 3 heteroatoms. The minimum absolute atomic E-state index is 0.0807. The number of Topliss-reactive ketones (excluding diaryl/α,β-unsaturated/α-hetero) is 1. The van der Waals surface area contributed by atoms with Gasteiger partial charge in [-0.3, -0.25) is 4.79 Å². The Balaban J connectivity index is 2.16. The van der Waals surface area contributed by atoms with Crippen LogP contribution in [-0.4, -0.2) is 30.2 Å². The molecule has 1 saturated heterocycles. The van der Waals surface area contributed by atoms with E-state index in [9.17, 15) is 9.90 Å². The second-order valence-corrected chi connectivity index (χ2v) is 3.39. The Morgan fingerprint density at radius 1 is 1.36 bits per heavy atom. The van der Waals surface area contributed by atoms with Crippen molar-refractivity contribution in [3.8, 4) is 0 Å². The van der Waals surface area contributed by atoms with Gasteiger partial charge in [-0.2, -0.15) is 0 Å². The molecule has 1 N–H and O–H groups in total. The fourth-order valence-electron chi connectivity index (χ4n) is 1.90. The minimum atomic E-state index is -0.445. The van der Waals surface area contributed by atoms with Gasteiger partial charge in [0, 0.05) is 5.92 Å². The van der Waals surface area contributed by atoms with Gasteiger partial charge in [-0.05, 0) is 12.8 Å². The number of aliphatic hydroxyl groups excluding tert-OH is 1. The molecule has 0 aromatic heterocycles. The summed E-state index contributed by atoms with van der Waals surface area (Å²) in [5, 5.41) is 9.39. The maximum Gasteiger partial charge on any atom is 0.146 e. The van der Waals surface area contributed by atoms with Gasteiger partial charge < -0.3 is 9.84 Å². The number of rotatable bonds is 0. The highest BCUT2D eigenvalue weighted by molar-refractivity contribution is 5.85. The maximum atomic E-state index is 11.4. The molecule has 1 aliphatic carbocycles. The number of ether oxygens (including phenoxy) is 1. The van der Waals surface area contributed by atoms with Gasteiger partial charge in [0.2, 0.25) is 0 Å². The van der Waals surface area contributed by atoms with Crippen LogP contribution in [0.4, 0.5) is 0 Å². The molecule has 2 rings (SSSR count). The minimum Gasteiger partial charge on any atom is -0.392 e. The van der Waals surface area contributed by atoms with E-state index in [-0.39, 0.29) is 17.6 Å². The molecular formula is C8H12O3. The smallest absolute Gasteiger partial charge is 0.146 e. The van der Waals surface area contributed by atoms with Crippen molar-refractivity contribution >= 4 is 5.78 Å². The number of hydrogen-bond donors (Lipinski definition) is 1. The zero-order valence-electron chi connectivity index (χ0n) is 6.32. The van der Waals surface area contributed by atoms with Crippen LogP contribution < -0.4 is 0 Å². The fraction of sp³-hybridized carbons (Fsp3) is 0.875. The van der Waals surface area contributed by atoms with E-state index in [4.69, 9.17) is 4.74 Å². The standard InChI is InChI=1S/C8H12O3/c9-7-2-1-5-3-11-4-6(7)8(5)10/h5-7,9H,1-4H2/t5-,6-,7?/m0/s1. The van der Waals surface area contributed by atoms with Crippen LogP contribution in [0.3, 0.4) is 0 Å². The Morgan fingerprint density at radius 3 is 2.91 bits per heavy atom. The third-order valence-electron chi connectivity index (χ3n) is 2.66. The number of hydrogen-bond acceptors (Lipinski definition) is 3. The molecule has 0 amide bonds. The Hall–Kier alpha value is -0.410. The quantitative estimate of drug-likeness (QED) is 0.536. The van der Waals surface area contributed by atoms with Crippen LogP contribution in [0, 0.1) is 11.8 Å². The maximum absolute atomic E-state index is 11.4. The topological polar surface area (TPSA) is 46.5 Å². The van der Waals surface area contributed by atoms with Crippen molar-refractivity contribution in [3.05, 3.63) is 0 Å². The Labute approximate surface area is 65.4 Å². The van der Waals surface area contributed by atoms with Crippen molar-refractivity contribution in [2.45, 2.75) is 18.9 Å². The highest BCUT2D eigenvalue weighted by Gasteiger charge is 2.40. The van der Waals surface area contributed by atoms with Crippen LogP contribution in [-0.2, 0) is 9.53 Å². The van der Waals surface area contributed by atoms with E-state index < -0.39 is 6.10 Å². The molecule has 0 aromatic rings. The van der Waals surface area contributed by atoms with Crippen LogP contribution >= 0.6 is 0 Å². The summed E-state index contributed by atoms with van der Waals surface area (Å²) < 4.78 is 5.20. The summed E-state index contributed by atoms with van der Waals surface area (Å²) in [4.78, 5) is 11.4. The third-order valence-corrected chi connectivity index (χ3v) is 2.66. The lowest BCUT2D eigenvalue weighted by Crippen LogP contribution is -2.46. The van der Waals surface area contributed by atoms with Crippen LogP contribution in [0.2, 0.25) is 0 Å². The first-order valence-corrected chi connectivity index (χ1v) is 4.08. The van der Waals surface area contributed by atoms with Gasteiger partial charge >= 0.3 is 0 Å². The van der Waals surface area contributed by atoms with E-state index in [1.165, 1.54) is 0 Å². The lowest BCUT2D eigenvalue weighted by molar-refractivity contribution is -0.149. The van der Waals surface area contributed by atoms with Crippen molar-refractivity contribution in [2.24, 2.45) is 11.8 Å². The predicted molar refractivity (Wildman–Crippen MR) is 38.0 cm³/mol. The zero-order valence-corrected chi connectivity index (χ0v) is 6.32. The highest BCUT2D eigenvalue weighted by atomic mass is 16.5. The molecule has 1 heterocycles. The van der Waals surface area contributed by atoms with Crippen LogP contribution in [0.1, 0.15) is 12.8 Å². The molecule has 3 atom stereocenters. The van der Waals surface area contributed by atoms with Crippen molar-refractivity contribution in [2.75, 3.05) is 13.2 Å². The molecule has 2 fully saturated rings. The molecule has 1 unspecified atom stereocenters. The second kappa shape index (κ2) is 2.57. The number of aliphatic hydroxyl groups is 1. The summed E-state index contributed by atoms with van der Waals surface area (Å²) in [6, 6.07) is 0. The van der Waals surface area contributed by atoms with E-state index in [0.717, 1.165) is 12.8 Å². The number of ketones is 1. The number of carbonyl (C=O) groups excluding carboxylic acids is 1. The van der Waals surface area contributed by atoms with Crippen molar-refractivity contribution in [1.82, 2.24) is 0 Å². The second-order valence-electron chi connectivity index (χ2n) is 3.39. The summed E-state index contributed by atoms with van der Waals surface area (Å²) in [5.74, 6) is 0.0784. The van der Waals surface area contributed by atoms with Gasteiger partial charge in [0.15, 0.2) is 0 Å². The van der Waals surface area contributed by atoms with Crippen molar-refractivity contribution in [3.63, 3.8) is 0 Å². The SMILES string of the molecule is O=C1[C@H]2CCC(O)[C@@H]1COC2. The van der Waals surface area contributed by atoms with Gasteiger partial charge in [-0.15, -0.1) is 0 Å². The molecule has 1 aliphatic heterocycles. The Bertz CT molecular complexity index is 178. The van der Waals surface area contributed by atoms with E-state index in [1.807, 2.05) is 0 Å². The first-order chi connectivity index (χ1) is 5.29. The summed E-state index contributed by atoms with van der Waals surface area (Å²) in [6.45, 7) is 0.999. The van der Waals surface area contributed by atoms with Gasteiger partial charge in [0.25, 0.3) is 0 Å². The van der Waals surface area contributed by atoms with Gasteiger partial charge in [0.1, 0.15) is 5.78 Å². The molecule has 0 radical (unpaired) electrons. The fourth-order valence-corrected chi connectivity index (χ4v) is 1.90. The summed E-state index contributed by atoms with van der Waals surface area (Å²) in [7, 11) is 0. The Kier molecular flexibility index (Phi) is 1.69. The van der Waals surface area contributed by atoms with Gasteiger partial charge in [-0.25, -0.2) is 0 Å². The van der Waals surface area contributed by atoms with E-state index in [1.54, 1.807) is 0 Å². The molecule has 2 bridgehead atoms. The first kappa shape index (κ1) is 7.25. The lowest BCUT2D eigenvalue weighted by Gasteiger charge is -2.35. The number of carbonyl (C=O) groups is 1. The monoisotopic (exact) mass is 156 g/mol. The van der Waals surface area contributed by atoms with Crippen LogP contribution in [0.5, 0.6) is 0 Å². The van der Waals surface area contributed by atoms with Gasteiger partial charge in [-0.1, -0.05) is 0 Å². The average molecular weight is 156 g/mol. The average Bonchev–Trinajstić information content (AvgIpc) is 1.98. The Morgan fingerprint density at radius 2 is 2.18 bits per heavy atom. The molecule has 0 aromatic carbocycles. The summed E-state index contributed by atoms with van der Waals surface area (Å²) in [5.41, 5.74) is 0. The molecular weight excluding hydrogens is 144 g/mol. The molecule has 11 heavy (non-hydrogen) atoms. The molecule has 2 aliphatic rings. The van der Waals surface area contributed by atoms with Gasteiger partial charge in [0.05, 0.1) is 25.2 Å². The van der Waals surface area contributed by atoms with E-state index >= 15 is 0 Å². The predicted octanol–water partition coefficient (Wildman–Crippen LogP) is -0.0272. The third kappa shape index (κ3) is 1.08. The highest BCUT2D eigenvalue weighted by Crippen LogP contribution is 2.30. The molecule has 0 spiro atoms. The molecule has 3 nitrogen and oxygen atoms in total. The lowest BCUT2D eigenvalue weighted by atomic mass is 9.77. The largest absolute Gasteiger partial charge is 0.392 e. The number of fused-ring (bicyclic) bond motifs is 2. The van der Waals surface area contributed by atoms with E-state index in [0.29, 0.717) is 13.2 Å². The molecule has 1 saturated carbocycles. The van der Waals surface area contributed by atoms with E-state index in [2.05, 4.69) is 0 Å². The van der Waals surface area contributed by atoms with Crippen molar-refractivity contribution in [1.29, 1.82) is 0 Å². The normalized spacial score (nSPS) is 44.1. The van der Waals surface area contributed by atoms with Crippen LogP contribution in [0.25, 0.3) is 0 Å². The first-order valence-electron chi connectivity index (χ1n) is 4.08. The summed E-state index contributed by atoms with van der Waals surface area (Å²) in [6.07, 6.45) is 1.13. The summed E-state index contributed by atoms with van der Waals surface area (Å²) >= 11 is 0. The molecule has 62 valence electrons. The van der Waals surface area contributed by atoms with Crippen LogP contribution in [0.15, 0.2) is 0 Å². The zero-order chi connectivity index (χ0) is 7.84.